The first-order valence-corrected chi connectivity index (χ1v) is 1.68. The van der Waals surface area contributed by atoms with Gasteiger partial charge in [0.1, 0.15) is 0 Å². The van der Waals surface area contributed by atoms with Crippen LogP contribution in [0.3, 0.4) is 0 Å². The van der Waals surface area contributed by atoms with Crippen molar-refractivity contribution >= 4 is 35.5 Å². The van der Waals surface area contributed by atoms with Crippen LogP contribution in [0.1, 0.15) is 6.92 Å². The quantitative estimate of drug-likeness (QED) is 0.376. The molecule has 0 aliphatic rings. The Morgan fingerprint density at radius 3 is 1.78 bits per heavy atom. The van der Waals surface area contributed by atoms with E-state index in [1.807, 2.05) is 0 Å². The summed E-state index contributed by atoms with van der Waals surface area (Å²) in [7, 11) is 0. The van der Waals surface area contributed by atoms with Gasteiger partial charge in [0.25, 0.3) is 0 Å². The van der Waals surface area contributed by atoms with Crippen molar-refractivity contribution in [2.45, 2.75) is 13.3 Å². The molecule has 0 heterocycles. The van der Waals surface area contributed by atoms with Crippen LogP contribution in [0, 0.1) is 0 Å². The van der Waals surface area contributed by atoms with Gasteiger partial charge in [-0.1, -0.05) is 0 Å². The molecule has 0 aromatic rings. The molecule has 0 aliphatic carbocycles. The first-order valence-electron chi connectivity index (χ1n) is 1.68. The molecule has 0 spiro atoms. The number of carbonyl (C=O) groups is 1. The van der Waals surface area contributed by atoms with Gasteiger partial charge < -0.3 is 4.74 Å². The van der Waals surface area contributed by atoms with Crippen molar-refractivity contribution in [1.82, 2.24) is 0 Å². The molecule has 6 heteroatoms. The van der Waals surface area contributed by atoms with Gasteiger partial charge in [-0.05, 0) is 0 Å². The Balaban J connectivity index is 0. The van der Waals surface area contributed by atoms with E-state index in [2.05, 4.69) is 4.74 Å². The third kappa shape index (κ3) is 11.7. The minimum Gasteiger partial charge on any atom is -0.373 e. The molecule has 0 atom stereocenters. The maximum absolute atomic E-state index is 10.9. The van der Waals surface area contributed by atoms with E-state index in [1.165, 1.54) is 0 Å². The first kappa shape index (κ1) is 12.0. The molecule has 0 saturated heterocycles. The molecule has 0 aromatic carbocycles. The Morgan fingerprint density at radius 1 is 1.44 bits per heavy atom. The van der Waals surface area contributed by atoms with Gasteiger partial charge in [-0.15, -0.1) is 13.2 Å². The standard InChI is InChI=1S/C3H3F3O2.Na/c1-2(7)8-3(4,5)6;/h1H3;. The Hall–Kier alpha value is 0.260. The van der Waals surface area contributed by atoms with Crippen LogP contribution in [0.4, 0.5) is 13.2 Å². The number of ether oxygens (including phenoxy) is 1. The summed E-state index contributed by atoms with van der Waals surface area (Å²) in [4.78, 5) is 9.52. The fourth-order valence-electron chi connectivity index (χ4n) is 0.163. The van der Waals surface area contributed by atoms with E-state index < -0.39 is 12.3 Å². The number of carbonyl (C=O) groups excluding carboxylic acids is 1. The maximum atomic E-state index is 10.9. The molecule has 49 valence electrons. The van der Waals surface area contributed by atoms with Gasteiger partial charge in [0, 0.05) is 36.5 Å². The molecule has 0 unspecified atom stereocenters. The molecule has 1 radical (unpaired) electrons. The van der Waals surface area contributed by atoms with Crippen LogP contribution >= 0.6 is 0 Å². The molecule has 0 aliphatic heterocycles. The monoisotopic (exact) mass is 151 g/mol. The summed E-state index contributed by atoms with van der Waals surface area (Å²) >= 11 is 0. The van der Waals surface area contributed by atoms with Crippen LogP contribution in [0.2, 0.25) is 0 Å². The van der Waals surface area contributed by atoms with E-state index >= 15 is 0 Å². The summed E-state index contributed by atoms with van der Waals surface area (Å²) in [6.45, 7) is 0.688. The van der Waals surface area contributed by atoms with Crippen LogP contribution in [0.15, 0.2) is 0 Å². The van der Waals surface area contributed by atoms with E-state index in [0.29, 0.717) is 6.92 Å². The van der Waals surface area contributed by atoms with Gasteiger partial charge in [-0.3, -0.25) is 4.79 Å². The van der Waals surface area contributed by atoms with Crippen molar-refractivity contribution in [3.05, 3.63) is 0 Å². The second kappa shape index (κ2) is 4.14. The number of hydrogen-bond acceptors (Lipinski definition) is 2. The number of alkyl halides is 3. The molecule has 0 rings (SSSR count). The Labute approximate surface area is 71.7 Å². The molecule has 0 N–H and O–H groups in total. The van der Waals surface area contributed by atoms with Crippen molar-refractivity contribution in [1.29, 1.82) is 0 Å². The summed E-state index contributed by atoms with van der Waals surface area (Å²) in [6, 6.07) is 0. The van der Waals surface area contributed by atoms with Gasteiger partial charge >= 0.3 is 12.3 Å². The Morgan fingerprint density at radius 2 is 1.78 bits per heavy atom. The fourth-order valence-corrected chi connectivity index (χ4v) is 0.163. The van der Waals surface area contributed by atoms with Crippen molar-refractivity contribution < 1.29 is 22.7 Å². The third-order valence-corrected chi connectivity index (χ3v) is 0.259. The SMILES string of the molecule is CC(=O)OC(F)(F)F.[Na]. The Kier molecular flexibility index (Phi) is 5.51. The smallest absolute Gasteiger partial charge is 0.373 e. The fraction of sp³-hybridized carbons (Fsp3) is 0.667. The van der Waals surface area contributed by atoms with E-state index in [9.17, 15) is 18.0 Å². The minimum absolute atomic E-state index is 0. The number of hydrogen-bond donors (Lipinski definition) is 0. The number of halogens is 3. The van der Waals surface area contributed by atoms with Crippen LogP contribution in [0.25, 0.3) is 0 Å². The molecule has 0 fully saturated rings. The van der Waals surface area contributed by atoms with Crippen molar-refractivity contribution in [2.24, 2.45) is 0 Å². The second-order valence-electron chi connectivity index (χ2n) is 1.04. The molecule has 0 aromatic heterocycles. The van der Waals surface area contributed by atoms with Gasteiger partial charge in [0.2, 0.25) is 0 Å². The van der Waals surface area contributed by atoms with Gasteiger partial charge in [-0.25, -0.2) is 0 Å². The van der Waals surface area contributed by atoms with Gasteiger partial charge in [0.05, 0.1) is 0 Å². The van der Waals surface area contributed by atoms with Crippen LogP contribution in [-0.4, -0.2) is 41.9 Å². The molecular weight excluding hydrogens is 148 g/mol. The van der Waals surface area contributed by atoms with Crippen molar-refractivity contribution in [3.63, 3.8) is 0 Å². The summed E-state index contributed by atoms with van der Waals surface area (Å²) in [5.41, 5.74) is 0. The van der Waals surface area contributed by atoms with Crippen LogP contribution in [-0.2, 0) is 9.53 Å². The average molecular weight is 151 g/mol. The zero-order chi connectivity index (χ0) is 6.78. The normalized spacial score (nSPS) is 9.78. The molecule has 9 heavy (non-hydrogen) atoms. The van der Waals surface area contributed by atoms with E-state index in [1.54, 1.807) is 0 Å². The summed E-state index contributed by atoms with van der Waals surface area (Å²) < 4.78 is 35.4. The predicted octanol–water partition coefficient (Wildman–Crippen LogP) is 0.689. The summed E-state index contributed by atoms with van der Waals surface area (Å²) in [5.74, 6) is -1.35. The van der Waals surface area contributed by atoms with Gasteiger partial charge in [-0.2, -0.15) is 0 Å². The molecular formula is C3H3F3NaO2. The Bertz CT molecular complexity index is 99.7. The summed E-state index contributed by atoms with van der Waals surface area (Å²) in [5, 5.41) is 0. The topological polar surface area (TPSA) is 26.3 Å². The predicted molar refractivity (Wildman–Crippen MR) is 23.6 cm³/mol. The van der Waals surface area contributed by atoms with E-state index in [0.717, 1.165) is 0 Å². The van der Waals surface area contributed by atoms with E-state index in [4.69, 9.17) is 0 Å². The second-order valence-corrected chi connectivity index (χ2v) is 1.04. The number of rotatable bonds is 0. The number of esters is 1. The molecule has 2 nitrogen and oxygen atoms in total. The average Bonchev–Trinajstić information content (AvgIpc) is 1.21. The van der Waals surface area contributed by atoms with Crippen LogP contribution < -0.4 is 0 Å². The summed E-state index contributed by atoms with van der Waals surface area (Å²) in [6.07, 6.45) is -4.83. The zero-order valence-corrected chi connectivity index (χ0v) is 6.95. The van der Waals surface area contributed by atoms with Crippen molar-refractivity contribution in [3.8, 4) is 0 Å². The van der Waals surface area contributed by atoms with Crippen LogP contribution in [0.5, 0.6) is 0 Å². The third-order valence-electron chi connectivity index (χ3n) is 0.259. The zero-order valence-electron chi connectivity index (χ0n) is 4.95. The molecule has 0 bridgehead atoms. The van der Waals surface area contributed by atoms with E-state index in [-0.39, 0.29) is 29.6 Å². The first-order chi connectivity index (χ1) is 3.42. The molecule has 0 amide bonds. The van der Waals surface area contributed by atoms with Crippen molar-refractivity contribution in [2.75, 3.05) is 0 Å². The minimum atomic E-state index is -4.83. The maximum Gasteiger partial charge on any atom is 0.575 e. The molecule has 0 saturated carbocycles. The largest absolute Gasteiger partial charge is 0.575 e. The van der Waals surface area contributed by atoms with Gasteiger partial charge in [0.15, 0.2) is 0 Å².